The molecule has 0 spiro atoms. The summed E-state index contributed by atoms with van der Waals surface area (Å²) in [5.41, 5.74) is 0. The number of carboxylic acid groups (broad SMARTS) is 1. The van der Waals surface area contributed by atoms with Crippen LogP contribution in [0.15, 0.2) is 12.3 Å². The normalized spacial score (nSPS) is 12.3. The largest absolute Gasteiger partial charge is 0.481 e. The molecular formula is C12H20N4O2. The number of nitrogens with one attached hydrogen (secondary N) is 1. The molecule has 0 aliphatic carbocycles. The standard InChI is InChI=1S/C12H20N4O2/c1-8(2)9(11(17)18)7-14-10-5-6-13-12(15-10)16(3)4/h5-6,8-9H,7H2,1-4H3,(H,17,18)(H,13,14,15). The number of hydrogen-bond donors (Lipinski definition) is 2. The molecule has 6 heteroatoms. The summed E-state index contributed by atoms with van der Waals surface area (Å²) < 4.78 is 0. The van der Waals surface area contributed by atoms with E-state index in [1.54, 1.807) is 17.2 Å². The Balaban J connectivity index is 2.67. The average Bonchev–Trinajstić information content (AvgIpc) is 2.28. The minimum Gasteiger partial charge on any atom is -0.481 e. The molecule has 6 nitrogen and oxygen atoms in total. The van der Waals surface area contributed by atoms with Gasteiger partial charge in [0.05, 0.1) is 5.92 Å². The summed E-state index contributed by atoms with van der Waals surface area (Å²) in [6.45, 7) is 4.15. The van der Waals surface area contributed by atoms with E-state index in [9.17, 15) is 4.79 Å². The fraction of sp³-hybridized carbons (Fsp3) is 0.583. The predicted molar refractivity (Wildman–Crippen MR) is 70.8 cm³/mol. The van der Waals surface area contributed by atoms with Gasteiger partial charge < -0.3 is 15.3 Å². The zero-order chi connectivity index (χ0) is 13.7. The highest BCUT2D eigenvalue weighted by Crippen LogP contribution is 2.13. The van der Waals surface area contributed by atoms with Crippen molar-refractivity contribution in [1.82, 2.24) is 9.97 Å². The van der Waals surface area contributed by atoms with Gasteiger partial charge in [0.1, 0.15) is 5.82 Å². The number of carbonyl (C=O) groups is 1. The van der Waals surface area contributed by atoms with Crippen LogP contribution in [0.1, 0.15) is 13.8 Å². The molecule has 0 saturated heterocycles. The smallest absolute Gasteiger partial charge is 0.308 e. The quantitative estimate of drug-likeness (QED) is 0.794. The lowest BCUT2D eigenvalue weighted by Gasteiger charge is -2.17. The topological polar surface area (TPSA) is 78.4 Å². The molecule has 0 aliphatic rings. The zero-order valence-corrected chi connectivity index (χ0v) is 11.2. The average molecular weight is 252 g/mol. The van der Waals surface area contributed by atoms with Crippen molar-refractivity contribution < 1.29 is 9.90 Å². The number of anilines is 2. The first-order valence-electron chi connectivity index (χ1n) is 5.89. The first-order valence-corrected chi connectivity index (χ1v) is 5.89. The number of rotatable bonds is 6. The van der Waals surface area contributed by atoms with Crippen LogP contribution < -0.4 is 10.2 Å². The number of carboxylic acids is 1. The van der Waals surface area contributed by atoms with E-state index >= 15 is 0 Å². The number of aromatic nitrogens is 2. The van der Waals surface area contributed by atoms with Gasteiger partial charge in [-0.2, -0.15) is 4.98 Å². The Morgan fingerprint density at radius 1 is 1.50 bits per heavy atom. The molecule has 1 unspecified atom stereocenters. The molecule has 0 amide bonds. The lowest BCUT2D eigenvalue weighted by atomic mass is 9.96. The fourth-order valence-electron chi connectivity index (χ4n) is 1.49. The third-order valence-corrected chi connectivity index (χ3v) is 2.67. The molecule has 1 aromatic rings. The van der Waals surface area contributed by atoms with Crippen molar-refractivity contribution in [3.63, 3.8) is 0 Å². The van der Waals surface area contributed by atoms with E-state index in [0.29, 0.717) is 18.3 Å². The summed E-state index contributed by atoms with van der Waals surface area (Å²) in [4.78, 5) is 21.2. The van der Waals surface area contributed by atoms with Crippen LogP contribution in [0.5, 0.6) is 0 Å². The molecule has 18 heavy (non-hydrogen) atoms. The maximum absolute atomic E-state index is 11.1. The van der Waals surface area contributed by atoms with E-state index in [4.69, 9.17) is 5.11 Å². The maximum Gasteiger partial charge on any atom is 0.308 e. The highest BCUT2D eigenvalue weighted by molar-refractivity contribution is 5.71. The lowest BCUT2D eigenvalue weighted by Crippen LogP contribution is -2.28. The van der Waals surface area contributed by atoms with Crippen molar-refractivity contribution in [1.29, 1.82) is 0 Å². The molecule has 0 radical (unpaired) electrons. The van der Waals surface area contributed by atoms with Gasteiger partial charge in [0.25, 0.3) is 0 Å². The molecule has 1 aromatic heterocycles. The molecule has 0 fully saturated rings. The molecule has 2 N–H and O–H groups in total. The Labute approximate surface area is 107 Å². The van der Waals surface area contributed by atoms with Gasteiger partial charge in [0.15, 0.2) is 0 Å². The monoisotopic (exact) mass is 252 g/mol. The van der Waals surface area contributed by atoms with Crippen molar-refractivity contribution in [3.8, 4) is 0 Å². The van der Waals surface area contributed by atoms with E-state index in [-0.39, 0.29) is 5.92 Å². The van der Waals surface area contributed by atoms with Gasteiger partial charge >= 0.3 is 5.97 Å². The van der Waals surface area contributed by atoms with Crippen molar-refractivity contribution >= 4 is 17.7 Å². The van der Waals surface area contributed by atoms with Crippen LogP contribution in [0.4, 0.5) is 11.8 Å². The second kappa shape index (κ2) is 6.18. The lowest BCUT2D eigenvalue weighted by molar-refractivity contribution is -0.142. The van der Waals surface area contributed by atoms with Crippen molar-refractivity contribution in [2.75, 3.05) is 30.9 Å². The molecule has 0 aliphatic heterocycles. The molecule has 1 rings (SSSR count). The number of hydrogen-bond acceptors (Lipinski definition) is 5. The second-order valence-electron chi connectivity index (χ2n) is 4.71. The molecule has 0 bridgehead atoms. The van der Waals surface area contributed by atoms with E-state index in [0.717, 1.165) is 0 Å². The minimum absolute atomic E-state index is 0.0742. The van der Waals surface area contributed by atoms with E-state index in [1.807, 2.05) is 27.9 Å². The SMILES string of the molecule is CC(C)C(CNc1ccnc(N(C)C)n1)C(=O)O. The van der Waals surface area contributed by atoms with Crippen LogP contribution in [0, 0.1) is 11.8 Å². The van der Waals surface area contributed by atoms with Gasteiger partial charge in [0.2, 0.25) is 5.95 Å². The fourth-order valence-corrected chi connectivity index (χ4v) is 1.49. The Bertz CT molecular complexity index is 407. The van der Waals surface area contributed by atoms with Crippen molar-refractivity contribution in [3.05, 3.63) is 12.3 Å². The summed E-state index contributed by atoms with van der Waals surface area (Å²) >= 11 is 0. The third kappa shape index (κ3) is 3.87. The van der Waals surface area contributed by atoms with Gasteiger partial charge in [-0.05, 0) is 12.0 Å². The molecule has 0 saturated carbocycles. The van der Waals surface area contributed by atoms with Gasteiger partial charge in [-0.15, -0.1) is 0 Å². The highest BCUT2D eigenvalue weighted by Gasteiger charge is 2.21. The first-order chi connectivity index (χ1) is 8.41. The van der Waals surface area contributed by atoms with Crippen molar-refractivity contribution in [2.45, 2.75) is 13.8 Å². The van der Waals surface area contributed by atoms with Gasteiger partial charge in [-0.3, -0.25) is 4.79 Å². The Morgan fingerprint density at radius 3 is 2.67 bits per heavy atom. The second-order valence-corrected chi connectivity index (χ2v) is 4.71. The zero-order valence-electron chi connectivity index (χ0n) is 11.2. The summed E-state index contributed by atoms with van der Waals surface area (Å²) in [6, 6.07) is 1.73. The van der Waals surface area contributed by atoms with Gasteiger partial charge in [0, 0.05) is 26.8 Å². The summed E-state index contributed by atoms with van der Waals surface area (Å²) in [5.74, 6) is 0.0874. The number of aliphatic carboxylic acids is 1. The molecule has 1 atom stereocenters. The van der Waals surface area contributed by atoms with Crippen LogP contribution in [0.25, 0.3) is 0 Å². The predicted octanol–water partition coefficient (Wildman–Crippen LogP) is 1.31. The van der Waals surface area contributed by atoms with Crippen LogP contribution in [-0.4, -0.2) is 41.7 Å². The van der Waals surface area contributed by atoms with Crippen LogP contribution in [-0.2, 0) is 4.79 Å². The Hall–Kier alpha value is -1.85. The molecule has 100 valence electrons. The third-order valence-electron chi connectivity index (χ3n) is 2.67. The van der Waals surface area contributed by atoms with Crippen LogP contribution >= 0.6 is 0 Å². The summed E-state index contributed by atoms with van der Waals surface area (Å²) in [7, 11) is 3.71. The Morgan fingerprint density at radius 2 is 2.17 bits per heavy atom. The summed E-state index contributed by atoms with van der Waals surface area (Å²) in [5, 5.41) is 12.1. The molecule has 0 aromatic carbocycles. The first kappa shape index (κ1) is 14.2. The van der Waals surface area contributed by atoms with Crippen LogP contribution in [0.2, 0.25) is 0 Å². The van der Waals surface area contributed by atoms with E-state index in [2.05, 4.69) is 15.3 Å². The molecule has 1 heterocycles. The Kier molecular flexibility index (Phi) is 4.88. The highest BCUT2D eigenvalue weighted by atomic mass is 16.4. The van der Waals surface area contributed by atoms with Gasteiger partial charge in [-0.1, -0.05) is 13.8 Å². The maximum atomic E-state index is 11.1. The molecular weight excluding hydrogens is 232 g/mol. The minimum atomic E-state index is -0.792. The van der Waals surface area contributed by atoms with Crippen molar-refractivity contribution in [2.24, 2.45) is 11.8 Å². The van der Waals surface area contributed by atoms with Gasteiger partial charge in [-0.25, -0.2) is 4.98 Å². The van der Waals surface area contributed by atoms with E-state index in [1.165, 1.54) is 0 Å². The van der Waals surface area contributed by atoms with E-state index < -0.39 is 11.9 Å². The van der Waals surface area contributed by atoms with Crippen LogP contribution in [0.3, 0.4) is 0 Å². The number of nitrogens with zero attached hydrogens (tertiary/aromatic N) is 3. The summed E-state index contributed by atoms with van der Waals surface area (Å²) in [6.07, 6.45) is 1.65.